The predicted octanol–water partition coefficient (Wildman–Crippen LogP) is 1.89. The van der Waals surface area contributed by atoms with Crippen molar-refractivity contribution in [1.82, 2.24) is 19.6 Å². The van der Waals surface area contributed by atoms with Gasteiger partial charge in [0.1, 0.15) is 0 Å². The lowest BCUT2D eigenvalue weighted by molar-refractivity contribution is -0.122. The van der Waals surface area contributed by atoms with E-state index in [-0.39, 0.29) is 17.3 Å². The number of amides is 1. The molecule has 0 spiro atoms. The van der Waals surface area contributed by atoms with Gasteiger partial charge >= 0.3 is 0 Å². The van der Waals surface area contributed by atoms with E-state index in [4.69, 9.17) is 0 Å². The van der Waals surface area contributed by atoms with Crippen LogP contribution in [0.5, 0.6) is 0 Å². The second-order valence-corrected chi connectivity index (χ2v) is 7.92. The molecule has 0 aliphatic heterocycles. The van der Waals surface area contributed by atoms with Crippen LogP contribution in [0, 0.1) is 0 Å². The number of hydrogen-bond donors (Lipinski definition) is 2. The van der Waals surface area contributed by atoms with E-state index in [0.717, 1.165) is 5.39 Å². The number of likely N-dealkylation sites (N-methyl/N-ethyl adjacent to an activating group) is 1. The zero-order valence-corrected chi connectivity index (χ0v) is 16.0. The molecule has 2 N–H and O–H groups in total. The molecule has 2 aromatic heterocycles. The normalized spacial score (nSPS) is 12.8. The number of carbonyl (C=O) groups is 1. The Morgan fingerprint density at radius 1 is 1.19 bits per heavy atom. The van der Waals surface area contributed by atoms with E-state index in [1.807, 2.05) is 13.0 Å². The summed E-state index contributed by atoms with van der Waals surface area (Å²) in [4.78, 5) is 16.4. The number of hydrogen-bond acceptors (Lipinski definition) is 5. The molecule has 2 heterocycles. The van der Waals surface area contributed by atoms with Gasteiger partial charge in [-0.1, -0.05) is 18.2 Å². The number of fused-ring (bicyclic) bond motifs is 1. The maximum absolute atomic E-state index is 13.2. The first-order chi connectivity index (χ1) is 12.9. The fraction of sp³-hybridized carbons (Fsp3) is 0.263. The summed E-state index contributed by atoms with van der Waals surface area (Å²) in [5.74, 6) is -0.135. The Morgan fingerprint density at radius 3 is 2.63 bits per heavy atom. The molecule has 8 heteroatoms. The summed E-state index contributed by atoms with van der Waals surface area (Å²) in [5, 5.41) is 6.55. The van der Waals surface area contributed by atoms with E-state index in [9.17, 15) is 13.2 Å². The quantitative estimate of drug-likeness (QED) is 0.647. The van der Waals surface area contributed by atoms with Crippen LogP contribution in [0.3, 0.4) is 0 Å². The molecule has 1 amide bonds. The van der Waals surface area contributed by atoms with Gasteiger partial charge < -0.3 is 10.6 Å². The van der Waals surface area contributed by atoms with Crippen LogP contribution in [0.15, 0.2) is 59.6 Å². The van der Waals surface area contributed by atoms with Crippen molar-refractivity contribution in [3.63, 3.8) is 0 Å². The van der Waals surface area contributed by atoms with Crippen molar-refractivity contribution >= 4 is 27.0 Å². The highest BCUT2D eigenvalue weighted by Gasteiger charge is 2.24. The summed E-state index contributed by atoms with van der Waals surface area (Å²) >= 11 is 0. The Balaban J connectivity index is 2.02. The maximum atomic E-state index is 13.2. The summed E-state index contributed by atoms with van der Waals surface area (Å²) in [6.45, 7) is 4.33. The smallest absolute Gasteiger partial charge is 0.269 e. The third-order valence-corrected chi connectivity index (χ3v) is 5.96. The van der Waals surface area contributed by atoms with Crippen molar-refractivity contribution in [2.24, 2.45) is 0 Å². The standard InChI is InChI=1S/C19H22N4O3S/c1-3-20-19(24)14(2)22-13-16-12-15-8-7-11-21-18(15)23(16)27(25,26)17-9-5-4-6-10-17/h4-12,14,22H,3,13H2,1-2H3,(H,20,24). The summed E-state index contributed by atoms with van der Waals surface area (Å²) in [6.07, 6.45) is 1.56. The van der Waals surface area contributed by atoms with Gasteiger partial charge in [-0.3, -0.25) is 4.79 Å². The second kappa shape index (κ2) is 7.89. The van der Waals surface area contributed by atoms with Crippen molar-refractivity contribution in [3.8, 4) is 0 Å². The summed E-state index contributed by atoms with van der Waals surface area (Å²) in [6, 6.07) is 13.1. The molecular weight excluding hydrogens is 364 g/mol. The van der Waals surface area contributed by atoms with Gasteiger partial charge in [0.05, 0.1) is 16.6 Å². The van der Waals surface area contributed by atoms with Gasteiger partial charge in [-0.05, 0) is 44.2 Å². The van der Waals surface area contributed by atoms with Crippen molar-refractivity contribution in [2.45, 2.75) is 31.3 Å². The lowest BCUT2D eigenvalue weighted by Crippen LogP contribution is -2.42. The predicted molar refractivity (Wildman–Crippen MR) is 104 cm³/mol. The SMILES string of the molecule is CCNC(=O)C(C)NCc1cc2cccnc2n1S(=O)(=O)c1ccccc1. The zero-order chi connectivity index (χ0) is 19.4. The molecule has 0 saturated carbocycles. The molecule has 1 atom stereocenters. The fourth-order valence-electron chi connectivity index (χ4n) is 2.83. The second-order valence-electron chi connectivity index (χ2n) is 6.13. The van der Waals surface area contributed by atoms with Crippen LogP contribution in [0.2, 0.25) is 0 Å². The van der Waals surface area contributed by atoms with E-state index in [1.54, 1.807) is 55.6 Å². The summed E-state index contributed by atoms with van der Waals surface area (Å²) < 4.78 is 27.7. The molecule has 0 saturated heterocycles. The van der Waals surface area contributed by atoms with Gasteiger partial charge in [0.2, 0.25) is 5.91 Å². The Kier molecular flexibility index (Phi) is 5.57. The van der Waals surface area contributed by atoms with Gasteiger partial charge in [0.15, 0.2) is 5.65 Å². The van der Waals surface area contributed by atoms with Crippen LogP contribution in [0.25, 0.3) is 11.0 Å². The molecule has 142 valence electrons. The van der Waals surface area contributed by atoms with Crippen LogP contribution in [-0.4, -0.2) is 35.9 Å². The van der Waals surface area contributed by atoms with Crippen molar-refractivity contribution < 1.29 is 13.2 Å². The number of nitrogens with one attached hydrogen (secondary N) is 2. The third-order valence-electron chi connectivity index (χ3n) is 4.21. The number of aromatic nitrogens is 2. The number of nitrogens with zero attached hydrogens (tertiary/aromatic N) is 2. The molecular formula is C19H22N4O3S. The maximum Gasteiger partial charge on any atom is 0.269 e. The van der Waals surface area contributed by atoms with E-state index in [0.29, 0.717) is 17.9 Å². The van der Waals surface area contributed by atoms with Gasteiger partial charge in [-0.15, -0.1) is 0 Å². The highest BCUT2D eigenvalue weighted by molar-refractivity contribution is 7.90. The Hall–Kier alpha value is -2.71. The topological polar surface area (TPSA) is 93.1 Å². The Morgan fingerprint density at radius 2 is 1.93 bits per heavy atom. The van der Waals surface area contributed by atoms with Crippen LogP contribution < -0.4 is 10.6 Å². The summed E-state index contributed by atoms with van der Waals surface area (Å²) in [5.41, 5.74) is 0.882. The van der Waals surface area contributed by atoms with E-state index in [2.05, 4.69) is 15.6 Å². The molecule has 0 bridgehead atoms. The molecule has 3 rings (SSSR count). The van der Waals surface area contributed by atoms with E-state index < -0.39 is 16.1 Å². The average Bonchev–Trinajstić information content (AvgIpc) is 3.06. The van der Waals surface area contributed by atoms with Gasteiger partial charge in [-0.25, -0.2) is 17.4 Å². The lowest BCUT2D eigenvalue weighted by Gasteiger charge is -2.15. The molecule has 3 aromatic rings. The van der Waals surface area contributed by atoms with Gasteiger partial charge in [-0.2, -0.15) is 0 Å². The number of benzene rings is 1. The molecule has 0 aliphatic carbocycles. The first kappa shape index (κ1) is 19.1. The minimum Gasteiger partial charge on any atom is -0.355 e. The first-order valence-electron chi connectivity index (χ1n) is 8.72. The minimum absolute atomic E-state index is 0.135. The van der Waals surface area contributed by atoms with Crippen LogP contribution in [0.4, 0.5) is 0 Å². The molecule has 0 aliphatic rings. The van der Waals surface area contributed by atoms with Crippen LogP contribution >= 0.6 is 0 Å². The Bertz CT molecular complexity index is 1050. The largest absolute Gasteiger partial charge is 0.355 e. The van der Waals surface area contributed by atoms with E-state index in [1.165, 1.54) is 3.97 Å². The lowest BCUT2D eigenvalue weighted by atomic mass is 10.3. The molecule has 0 radical (unpaired) electrons. The molecule has 1 aromatic carbocycles. The molecule has 0 fully saturated rings. The van der Waals surface area contributed by atoms with Crippen LogP contribution in [0.1, 0.15) is 19.5 Å². The number of pyridine rings is 1. The number of carbonyl (C=O) groups excluding carboxylic acids is 1. The van der Waals surface area contributed by atoms with E-state index >= 15 is 0 Å². The van der Waals surface area contributed by atoms with Gasteiger partial charge in [0, 0.05) is 24.7 Å². The first-order valence-corrected chi connectivity index (χ1v) is 10.2. The third kappa shape index (κ3) is 3.86. The molecule has 27 heavy (non-hydrogen) atoms. The Labute approximate surface area is 158 Å². The summed E-state index contributed by atoms with van der Waals surface area (Å²) in [7, 11) is -3.82. The van der Waals surface area contributed by atoms with Crippen molar-refractivity contribution in [1.29, 1.82) is 0 Å². The highest BCUT2D eigenvalue weighted by atomic mass is 32.2. The zero-order valence-electron chi connectivity index (χ0n) is 15.2. The van der Waals surface area contributed by atoms with Crippen LogP contribution in [-0.2, 0) is 21.4 Å². The van der Waals surface area contributed by atoms with Gasteiger partial charge in [0.25, 0.3) is 10.0 Å². The minimum atomic E-state index is -3.82. The molecule has 1 unspecified atom stereocenters. The monoisotopic (exact) mass is 386 g/mol. The highest BCUT2D eigenvalue weighted by Crippen LogP contribution is 2.24. The average molecular weight is 386 g/mol. The number of rotatable bonds is 7. The van der Waals surface area contributed by atoms with Crippen molar-refractivity contribution in [2.75, 3.05) is 6.54 Å². The fourth-order valence-corrected chi connectivity index (χ4v) is 4.35. The molecule has 7 nitrogen and oxygen atoms in total. The van der Waals surface area contributed by atoms with Crippen molar-refractivity contribution in [3.05, 3.63) is 60.4 Å².